The maximum absolute atomic E-state index is 3.96. The Balaban J connectivity index is 2.77. The summed E-state index contributed by atoms with van der Waals surface area (Å²) in [4.78, 5) is 2.04. The van der Waals surface area contributed by atoms with E-state index in [1.807, 2.05) is 11.9 Å². The molecule has 0 amide bonds. The Morgan fingerprint density at radius 2 is 2.00 bits per heavy atom. The summed E-state index contributed by atoms with van der Waals surface area (Å²) in [5, 5.41) is 2.53. The lowest BCUT2D eigenvalue weighted by molar-refractivity contribution is 0.646. The number of fused-ring (bicyclic) bond motifs is 1. The predicted molar refractivity (Wildman–Crippen MR) is 56.3 cm³/mol. The van der Waals surface area contributed by atoms with Crippen molar-refractivity contribution in [1.82, 2.24) is 4.90 Å². The molecule has 0 spiro atoms. The van der Waals surface area contributed by atoms with Crippen LogP contribution in [0.3, 0.4) is 0 Å². The zero-order chi connectivity index (χ0) is 9.42. The Morgan fingerprint density at radius 3 is 2.77 bits per heavy atom. The van der Waals surface area contributed by atoms with Gasteiger partial charge in [0.25, 0.3) is 0 Å². The minimum atomic E-state index is 1.04. The van der Waals surface area contributed by atoms with Gasteiger partial charge in [0, 0.05) is 18.9 Å². The van der Waals surface area contributed by atoms with Gasteiger partial charge in [-0.05, 0) is 29.5 Å². The van der Waals surface area contributed by atoms with Gasteiger partial charge in [-0.15, -0.1) is 0 Å². The van der Waals surface area contributed by atoms with Gasteiger partial charge in [0.15, 0.2) is 0 Å². The Hall–Kier alpha value is -1.50. The van der Waals surface area contributed by atoms with Crippen LogP contribution in [-0.4, -0.2) is 11.9 Å². The lowest BCUT2D eigenvalue weighted by atomic mass is 10.1. The standard InChI is InChI=1S/C12H13N/c1-9-4-5-11-7-10(2)13(3)8-12(11)6-9/h4-8H,2H2,1,3H3. The van der Waals surface area contributed by atoms with Crippen molar-refractivity contribution < 1.29 is 0 Å². The van der Waals surface area contributed by atoms with Gasteiger partial charge in [0.2, 0.25) is 0 Å². The Labute approximate surface area is 78.3 Å². The summed E-state index contributed by atoms with van der Waals surface area (Å²) in [5.41, 5.74) is 2.33. The summed E-state index contributed by atoms with van der Waals surface area (Å²) in [6.07, 6.45) is 4.22. The third-order valence-electron chi connectivity index (χ3n) is 2.35. The second-order valence-electron chi connectivity index (χ2n) is 3.51. The predicted octanol–water partition coefficient (Wildman–Crippen LogP) is 0.973. The first-order chi connectivity index (χ1) is 6.16. The third-order valence-corrected chi connectivity index (χ3v) is 2.35. The summed E-state index contributed by atoms with van der Waals surface area (Å²) in [5.74, 6) is 0. The minimum Gasteiger partial charge on any atom is -0.351 e. The molecule has 1 aromatic carbocycles. The smallest absolute Gasteiger partial charge is 0.0336 e. The van der Waals surface area contributed by atoms with E-state index in [4.69, 9.17) is 0 Å². The molecule has 0 aliphatic carbocycles. The number of hydrogen-bond donors (Lipinski definition) is 0. The largest absolute Gasteiger partial charge is 0.351 e. The van der Waals surface area contributed by atoms with Gasteiger partial charge in [-0.1, -0.05) is 24.3 Å². The molecule has 0 bridgehead atoms. The summed E-state index contributed by atoms with van der Waals surface area (Å²) >= 11 is 0. The first kappa shape index (κ1) is 8.11. The van der Waals surface area contributed by atoms with Gasteiger partial charge in [-0.2, -0.15) is 0 Å². The number of hydrogen-bond acceptors (Lipinski definition) is 1. The molecule has 1 aliphatic heterocycles. The SMILES string of the molecule is C=C1C=c2ccc(C)cc2=CN1C. The van der Waals surface area contributed by atoms with E-state index in [2.05, 4.69) is 44.0 Å². The van der Waals surface area contributed by atoms with E-state index in [0.29, 0.717) is 0 Å². The number of allylic oxidation sites excluding steroid dienone is 1. The monoisotopic (exact) mass is 171 g/mol. The van der Waals surface area contributed by atoms with Crippen LogP contribution in [0, 0.1) is 6.92 Å². The molecule has 13 heavy (non-hydrogen) atoms. The molecule has 1 heteroatoms. The van der Waals surface area contributed by atoms with Crippen molar-refractivity contribution in [3.8, 4) is 0 Å². The molecule has 1 nitrogen and oxygen atoms in total. The number of rotatable bonds is 0. The second-order valence-corrected chi connectivity index (χ2v) is 3.51. The number of benzene rings is 1. The summed E-state index contributed by atoms with van der Waals surface area (Å²) in [6, 6.07) is 6.45. The molecule has 0 aromatic heterocycles. The van der Waals surface area contributed by atoms with E-state index in [9.17, 15) is 0 Å². The van der Waals surface area contributed by atoms with E-state index in [1.165, 1.54) is 16.0 Å². The van der Waals surface area contributed by atoms with Crippen LogP contribution in [0.4, 0.5) is 0 Å². The Bertz CT molecular complexity index is 468. The molecule has 0 radical (unpaired) electrons. The maximum atomic E-state index is 3.96. The van der Waals surface area contributed by atoms with Crippen molar-refractivity contribution in [3.63, 3.8) is 0 Å². The molecule has 1 heterocycles. The van der Waals surface area contributed by atoms with Gasteiger partial charge in [0.1, 0.15) is 0 Å². The van der Waals surface area contributed by atoms with Gasteiger partial charge < -0.3 is 4.90 Å². The zero-order valence-electron chi connectivity index (χ0n) is 8.04. The molecule has 0 N–H and O–H groups in total. The van der Waals surface area contributed by atoms with Gasteiger partial charge in [-0.3, -0.25) is 0 Å². The minimum absolute atomic E-state index is 1.04. The number of aryl methyl sites for hydroxylation is 1. The van der Waals surface area contributed by atoms with Crippen LogP contribution in [0.2, 0.25) is 0 Å². The molecule has 0 saturated heterocycles. The highest BCUT2D eigenvalue weighted by Gasteiger charge is 2.00. The average molecular weight is 171 g/mol. The Morgan fingerprint density at radius 1 is 1.23 bits per heavy atom. The highest BCUT2D eigenvalue weighted by molar-refractivity contribution is 5.52. The number of nitrogens with zero attached hydrogens (tertiary/aromatic N) is 1. The van der Waals surface area contributed by atoms with Crippen molar-refractivity contribution in [2.45, 2.75) is 6.92 Å². The molecule has 2 rings (SSSR count). The van der Waals surface area contributed by atoms with Crippen molar-refractivity contribution in [2.24, 2.45) is 0 Å². The molecule has 66 valence electrons. The summed E-state index contributed by atoms with van der Waals surface area (Å²) in [7, 11) is 2.02. The van der Waals surface area contributed by atoms with Gasteiger partial charge in [-0.25, -0.2) is 0 Å². The van der Waals surface area contributed by atoms with Gasteiger partial charge in [0.05, 0.1) is 0 Å². The van der Waals surface area contributed by atoms with Crippen LogP contribution < -0.4 is 10.4 Å². The van der Waals surface area contributed by atoms with Crippen LogP contribution in [0.25, 0.3) is 12.3 Å². The molecule has 0 atom stereocenters. The summed E-state index contributed by atoms with van der Waals surface area (Å²) in [6.45, 7) is 6.06. The molecule has 1 aliphatic rings. The maximum Gasteiger partial charge on any atom is 0.0336 e. The van der Waals surface area contributed by atoms with Crippen LogP contribution in [0.1, 0.15) is 5.56 Å². The average Bonchev–Trinajstić information content (AvgIpc) is 2.08. The fourth-order valence-corrected chi connectivity index (χ4v) is 1.51. The summed E-state index contributed by atoms with van der Waals surface area (Å²) < 4.78 is 0. The molecule has 0 unspecified atom stereocenters. The van der Waals surface area contributed by atoms with Crippen molar-refractivity contribution in [3.05, 3.63) is 46.5 Å². The first-order valence-electron chi connectivity index (χ1n) is 4.39. The van der Waals surface area contributed by atoms with E-state index < -0.39 is 0 Å². The highest BCUT2D eigenvalue weighted by Crippen LogP contribution is 2.02. The highest BCUT2D eigenvalue weighted by atomic mass is 15.1. The topological polar surface area (TPSA) is 3.24 Å². The fourth-order valence-electron chi connectivity index (χ4n) is 1.51. The van der Waals surface area contributed by atoms with Crippen molar-refractivity contribution in [1.29, 1.82) is 0 Å². The van der Waals surface area contributed by atoms with Crippen molar-refractivity contribution >= 4 is 12.3 Å². The van der Waals surface area contributed by atoms with E-state index in [-0.39, 0.29) is 0 Å². The van der Waals surface area contributed by atoms with E-state index in [0.717, 1.165) is 5.70 Å². The van der Waals surface area contributed by atoms with Crippen LogP contribution in [0.5, 0.6) is 0 Å². The van der Waals surface area contributed by atoms with Gasteiger partial charge >= 0.3 is 0 Å². The van der Waals surface area contributed by atoms with Crippen LogP contribution >= 0.6 is 0 Å². The molecular weight excluding hydrogens is 158 g/mol. The van der Waals surface area contributed by atoms with Crippen molar-refractivity contribution in [2.75, 3.05) is 7.05 Å². The first-order valence-corrected chi connectivity index (χ1v) is 4.39. The van der Waals surface area contributed by atoms with Crippen LogP contribution in [0.15, 0.2) is 30.5 Å². The molecule has 1 aromatic rings. The lowest BCUT2D eigenvalue weighted by Gasteiger charge is -2.17. The third kappa shape index (κ3) is 1.37. The molecule has 0 fully saturated rings. The van der Waals surface area contributed by atoms with E-state index >= 15 is 0 Å². The van der Waals surface area contributed by atoms with E-state index in [1.54, 1.807) is 0 Å². The Kier molecular flexibility index (Phi) is 1.73. The lowest BCUT2D eigenvalue weighted by Crippen LogP contribution is -2.32. The zero-order valence-corrected chi connectivity index (χ0v) is 8.04. The van der Waals surface area contributed by atoms with Crippen LogP contribution in [-0.2, 0) is 0 Å². The molecule has 0 saturated carbocycles. The molecular formula is C12H13N. The normalized spacial score (nSPS) is 14.6. The second kappa shape index (κ2) is 2.77. The fraction of sp³-hybridized carbons (Fsp3) is 0.167. The quantitative estimate of drug-likeness (QED) is 0.562.